The van der Waals surface area contributed by atoms with E-state index in [1.165, 1.54) is 31.4 Å². The van der Waals surface area contributed by atoms with Crippen molar-refractivity contribution < 1.29 is 9.18 Å². The summed E-state index contributed by atoms with van der Waals surface area (Å²) < 4.78 is 13.2. The Morgan fingerprint density at radius 2 is 2.05 bits per heavy atom. The second-order valence-electron chi connectivity index (χ2n) is 6.73. The first-order chi connectivity index (χ1) is 10.7. The molecule has 22 heavy (non-hydrogen) atoms. The van der Waals surface area contributed by atoms with Gasteiger partial charge >= 0.3 is 0 Å². The minimum absolute atomic E-state index is 0.0254. The minimum atomic E-state index is -0.314. The van der Waals surface area contributed by atoms with Crippen LogP contribution in [0.1, 0.15) is 32.6 Å². The third-order valence-electron chi connectivity index (χ3n) is 5.32. The zero-order valence-electron chi connectivity index (χ0n) is 13.2. The van der Waals surface area contributed by atoms with Gasteiger partial charge in [-0.2, -0.15) is 0 Å². The van der Waals surface area contributed by atoms with E-state index >= 15 is 0 Å². The van der Waals surface area contributed by atoms with Gasteiger partial charge in [-0.3, -0.25) is 4.79 Å². The minimum Gasteiger partial charge on any atom is -0.326 e. The molecule has 120 valence electrons. The van der Waals surface area contributed by atoms with E-state index in [1.54, 1.807) is 12.1 Å². The molecule has 2 fully saturated rings. The number of nitrogens with zero attached hydrogens (tertiary/aromatic N) is 1. The first-order valence-electron chi connectivity index (χ1n) is 8.43. The van der Waals surface area contributed by atoms with Crippen molar-refractivity contribution in [2.45, 2.75) is 32.6 Å². The van der Waals surface area contributed by atoms with Crippen LogP contribution in [0.15, 0.2) is 24.3 Å². The Morgan fingerprint density at radius 1 is 1.32 bits per heavy atom. The lowest BCUT2D eigenvalue weighted by atomic mass is 9.67. The number of amides is 1. The van der Waals surface area contributed by atoms with Crippen molar-refractivity contribution in [2.75, 3.05) is 25.0 Å². The van der Waals surface area contributed by atoms with Crippen LogP contribution in [0.5, 0.6) is 0 Å². The largest absolute Gasteiger partial charge is 0.326 e. The first kappa shape index (κ1) is 15.5. The Bertz CT molecular complexity index is 520. The summed E-state index contributed by atoms with van der Waals surface area (Å²) in [5, 5.41) is 2.85. The van der Waals surface area contributed by atoms with E-state index in [1.807, 2.05) is 0 Å². The molecule has 4 heteroatoms. The molecule has 2 aliphatic rings. The fraction of sp³-hybridized carbons (Fsp3) is 0.611. The van der Waals surface area contributed by atoms with Gasteiger partial charge in [0.15, 0.2) is 0 Å². The fourth-order valence-electron chi connectivity index (χ4n) is 4.23. The van der Waals surface area contributed by atoms with Gasteiger partial charge < -0.3 is 10.2 Å². The Hall–Kier alpha value is -1.42. The second-order valence-corrected chi connectivity index (χ2v) is 6.73. The molecule has 2 bridgehead atoms. The molecule has 1 saturated carbocycles. The second kappa shape index (κ2) is 6.78. The van der Waals surface area contributed by atoms with Crippen molar-refractivity contribution >= 4 is 11.6 Å². The van der Waals surface area contributed by atoms with Crippen molar-refractivity contribution in [1.82, 2.24) is 4.90 Å². The van der Waals surface area contributed by atoms with Crippen LogP contribution in [-0.4, -0.2) is 30.4 Å². The monoisotopic (exact) mass is 304 g/mol. The zero-order valence-corrected chi connectivity index (χ0v) is 13.2. The van der Waals surface area contributed by atoms with Gasteiger partial charge in [-0.05, 0) is 55.3 Å². The van der Waals surface area contributed by atoms with Crippen molar-refractivity contribution in [3.8, 4) is 0 Å². The highest BCUT2D eigenvalue weighted by Gasteiger charge is 2.39. The van der Waals surface area contributed by atoms with Crippen molar-refractivity contribution in [1.29, 1.82) is 0 Å². The van der Waals surface area contributed by atoms with Crippen molar-refractivity contribution in [2.24, 2.45) is 17.8 Å². The highest BCUT2D eigenvalue weighted by Crippen LogP contribution is 2.41. The summed E-state index contributed by atoms with van der Waals surface area (Å²) in [7, 11) is 0. The number of benzene rings is 1. The lowest BCUT2D eigenvalue weighted by Gasteiger charge is -2.47. The van der Waals surface area contributed by atoms with Crippen molar-refractivity contribution in [3.05, 3.63) is 30.1 Å². The summed E-state index contributed by atoms with van der Waals surface area (Å²) in [6.45, 7) is 5.58. The predicted octanol–water partition coefficient (Wildman–Crippen LogP) is 3.52. The van der Waals surface area contributed by atoms with Gasteiger partial charge in [-0.15, -0.1) is 0 Å². The Kier molecular flexibility index (Phi) is 4.77. The summed E-state index contributed by atoms with van der Waals surface area (Å²) in [5.41, 5.74) is 0.557. The molecule has 1 aliphatic heterocycles. The molecule has 1 aromatic rings. The SMILES string of the molecule is CCN1CC2CCCC(C1)C2CC(=O)Nc1cccc(F)c1. The smallest absolute Gasteiger partial charge is 0.224 e. The topological polar surface area (TPSA) is 32.3 Å². The van der Waals surface area contributed by atoms with Gasteiger partial charge in [0.05, 0.1) is 0 Å². The van der Waals surface area contributed by atoms with Gasteiger partial charge in [0.25, 0.3) is 0 Å². The first-order valence-corrected chi connectivity index (χ1v) is 8.43. The predicted molar refractivity (Wildman–Crippen MR) is 86.1 cm³/mol. The summed E-state index contributed by atoms with van der Waals surface area (Å²) in [6.07, 6.45) is 4.36. The van der Waals surface area contributed by atoms with Gasteiger partial charge in [-0.25, -0.2) is 4.39 Å². The molecular formula is C18H25FN2O. The average Bonchev–Trinajstić information content (AvgIpc) is 2.46. The van der Waals surface area contributed by atoms with Gasteiger partial charge in [0.1, 0.15) is 5.82 Å². The van der Waals surface area contributed by atoms with Crippen LogP contribution in [0.4, 0.5) is 10.1 Å². The Labute approximate surface area is 131 Å². The van der Waals surface area contributed by atoms with E-state index in [-0.39, 0.29) is 11.7 Å². The molecule has 1 heterocycles. The highest BCUT2D eigenvalue weighted by molar-refractivity contribution is 5.90. The molecule has 2 atom stereocenters. The lowest BCUT2D eigenvalue weighted by molar-refractivity contribution is -0.119. The van der Waals surface area contributed by atoms with E-state index in [9.17, 15) is 9.18 Å². The average molecular weight is 304 g/mol. The number of nitrogens with one attached hydrogen (secondary N) is 1. The summed E-state index contributed by atoms with van der Waals surface area (Å²) in [5.74, 6) is 1.49. The molecule has 3 nitrogen and oxygen atoms in total. The molecular weight excluding hydrogens is 279 g/mol. The maximum absolute atomic E-state index is 13.2. The molecule has 1 saturated heterocycles. The number of carbonyl (C=O) groups excluding carboxylic acids is 1. The van der Waals surface area contributed by atoms with Crippen LogP contribution in [0.2, 0.25) is 0 Å². The fourth-order valence-corrected chi connectivity index (χ4v) is 4.23. The van der Waals surface area contributed by atoms with E-state index in [0.29, 0.717) is 29.9 Å². The number of piperidine rings is 1. The lowest BCUT2D eigenvalue weighted by Crippen LogP contribution is -2.49. The number of likely N-dealkylation sites (tertiary alicyclic amines) is 1. The molecule has 0 spiro atoms. The van der Waals surface area contributed by atoms with Crippen LogP contribution in [-0.2, 0) is 4.79 Å². The summed E-state index contributed by atoms with van der Waals surface area (Å²) in [6, 6.07) is 6.12. The maximum atomic E-state index is 13.2. The molecule has 1 N–H and O–H groups in total. The van der Waals surface area contributed by atoms with Crippen LogP contribution in [0.25, 0.3) is 0 Å². The Morgan fingerprint density at radius 3 is 2.68 bits per heavy atom. The molecule has 2 unspecified atom stereocenters. The standard InChI is InChI=1S/C18H25FN2O/c1-2-21-11-13-5-3-6-14(12-21)17(13)10-18(22)20-16-8-4-7-15(19)9-16/h4,7-9,13-14,17H,2-3,5-6,10-12H2,1H3,(H,20,22). The van der Waals surface area contributed by atoms with Crippen LogP contribution in [0, 0.1) is 23.6 Å². The van der Waals surface area contributed by atoms with Gasteiger partial charge in [0.2, 0.25) is 5.91 Å². The molecule has 1 aliphatic carbocycles. The number of halogens is 1. The Balaban J connectivity index is 1.61. The number of hydrogen-bond donors (Lipinski definition) is 1. The van der Waals surface area contributed by atoms with E-state index in [2.05, 4.69) is 17.1 Å². The molecule has 0 aromatic heterocycles. The molecule has 1 aromatic carbocycles. The third kappa shape index (κ3) is 3.49. The number of anilines is 1. The maximum Gasteiger partial charge on any atom is 0.224 e. The van der Waals surface area contributed by atoms with Crippen LogP contribution < -0.4 is 5.32 Å². The number of hydrogen-bond acceptors (Lipinski definition) is 2. The highest BCUT2D eigenvalue weighted by atomic mass is 19.1. The van der Waals surface area contributed by atoms with E-state index in [4.69, 9.17) is 0 Å². The quantitative estimate of drug-likeness (QED) is 0.923. The van der Waals surface area contributed by atoms with E-state index in [0.717, 1.165) is 19.6 Å². The van der Waals surface area contributed by atoms with E-state index < -0.39 is 0 Å². The normalized spacial score (nSPS) is 28.4. The van der Waals surface area contributed by atoms with Gasteiger partial charge in [0, 0.05) is 25.2 Å². The molecule has 1 amide bonds. The molecule has 3 rings (SSSR count). The van der Waals surface area contributed by atoms with Gasteiger partial charge in [-0.1, -0.05) is 19.4 Å². The van der Waals surface area contributed by atoms with Crippen LogP contribution in [0.3, 0.4) is 0 Å². The summed E-state index contributed by atoms with van der Waals surface area (Å²) >= 11 is 0. The third-order valence-corrected chi connectivity index (χ3v) is 5.32. The molecule has 0 radical (unpaired) electrons. The number of fused-ring (bicyclic) bond motifs is 2. The summed E-state index contributed by atoms with van der Waals surface area (Å²) in [4.78, 5) is 14.9. The van der Waals surface area contributed by atoms with Crippen molar-refractivity contribution in [3.63, 3.8) is 0 Å². The van der Waals surface area contributed by atoms with Crippen LogP contribution >= 0.6 is 0 Å². The zero-order chi connectivity index (χ0) is 15.5. The number of rotatable bonds is 4. The number of carbonyl (C=O) groups is 1.